The monoisotopic (exact) mass is 424 g/mol. The minimum absolute atomic E-state index is 0.211. The highest BCUT2D eigenvalue weighted by atomic mass is 19.4. The number of fused-ring (bicyclic) bond motifs is 3. The van der Waals surface area contributed by atoms with Crippen molar-refractivity contribution in [1.82, 2.24) is 14.6 Å². The van der Waals surface area contributed by atoms with Gasteiger partial charge < -0.3 is 5.32 Å². The van der Waals surface area contributed by atoms with Crippen molar-refractivity contribution in [3.05, 3.63) is 71.4 Å². The van der Waals surface area contributed by atoms with Crippen LogP contribution in [0.5, 0.6) is 0 Å². The number of benzene rings is 2. The van der Waals surface area contributed by atoms with E-state index in [1.165, 1.54) is 12.1 Å². The van der Waals surface area contributed by atoms with Crippen molar-refractivity contribution >= 4 is 22.4 Å². The molecule has 4 nitrogen and oxygen atoms in total. The van der Waals surface area contributed by atoms with Gasteiger partial charge in [0, 0.05) is 17.5 Å². The Kier molecular flexibility index (Phi) is 4.84. The van der Waals surface area contributed by atoms with Crippen LogP contribution in [0.1, 0.15) is 48.4 Å². The molecule has 1 aliphatic carbocycles. The van der Waals surface area contributed by atoms with Gasteiger partial charge in [0.05, 0.1) is 16.8 Å². The van der Waals surface area contributed by atoms with Gasteiger partial charge in [0.15, 0.2) is 5.65 Å². The van der Waals surface area contributed by atoms with Crippen molar-refractivity contribution in [2.24, 2.45) is 0 Å². The molecule has 1 N–H and O–H groups in total. The summed E-state index contributed by atoms with van der Waals surface area (Å²) in [5.74, 6) is 1.07. The Balaban J connectivity index is 1.41. The second-order valence-electron chi connectivity index (χ2n) is 8.36. The molecule has 1 aliphatic rings. The fourth-order valence-electron chi connectivity index (χ4n) is 4.65. The van der Waals surface area contributed by atoms with Crippen molar-refractivity contribution in [2.75, 3.05) is 5.32 Å². The summed E-state index contributed by atoms with van der Waals surface area (Å²) in [6.07, 6.45) is -0.415. The molecule has 2 unspecified atom stereocenters. The second kappa shape index (κ2) is 7.55. The maximum atomic E-state index is 12.9. The SMILES string of the molecule is Cc1cc2nc(NC3CCCC(c4ccc(C(F)(F)F)cc4)C3)c3ccccc3n2n1. The van der Waals surface area contributed by atoms with Gasteiger partial charge in [-0.1, -0.05) is 30.7 Å². The average molecular weight is 424 g/mol. The quantitative estimate of drug-likeness (QED) is 0.417. The largest absolute Gasteiger partial charge is 0.416 e. The first-order valence-electron chi connectivity index (χ1n) is 10.6. The summed E-state index contributed by atoms with van der Waals surface area (Å²) in [7, 11) is 0. The maximum Gasteiger partial charge on any atom is 0.416 e. The first-order valence-corrected chi connectivity index (χ1v) is 10.6. The highest BCUT2D eigenvalue weighted by Gasteiger charge is 2.31. The molecule has 31 heavy (non-hydrogen) atoms. The van der Waals surface area contributed by atoms with Crippen LogP contribution in [-0.2, 0) is 6.18 Å². The van der Waals surface area contributed by atoms with Gasteiger partial charge in [0.2, 0.25) is 0 Å². The number of hydrogen-bond donors (Lipinski definition) is 1. The third-order valence-electron chi connectivity index (χ3n) is 6.15. The highest BCUT2D eigenvalue weighted by molar-refractivity contribution is 5.91. The lowest BCUT2D eigenvalue weighted by Crippen LogP contribution is -2.27. The molecule has 0 saturated heterocycles. The number of aryl methyl sites for hydroxylation is 1. The normalized spacial score (nSPS) is 19.7. The molecule has 0 bridgehead atoms. The molecule has 5 rings (SSSR count). The number of rotatable bonds is 3. The van der Waals surface area contributed by atoms with E-state index in [0.29, 0.717) is 0 Å². The minimum Gasteiger partial charge on any atom is -0.367 e. The van der Waals surface area contributed by atoms with Gasteiger partial charge in [-0.2, -0.15) is 18.3 Å². The van der Waals surface area contributed by atoms with E-state index in [9.17, 15) is 13.2 Å². The third kappa shape index (κ3) is 3.84. The standard InChI is InChI=1S/C24H23F3N4/c1-15-13-22-29-23(20-7-2-3-8-21(20)31(22)30-15)28-19-6-4-5-17(14-19)16-9-11-18(12-10-16)24(25,26)27/h2-3,7-13,17,19H,4-6,14H2,1H3,(H,28,29). The number of anilines is 1. The number of para-hydroxylation sites is 1. The Hall–Kier alpha value is -3.09. The van der Waals surface area contributed by atoms with Crippen molar-refractivity contribution in [2.45, 2.75) is 50.7 Å². The Bertz CT molecular complexity index is 1230. The molecule has 4 aromatic rings. The van der Waals surface area contributed by atoms with Gasteiger partial charge in [-0.15, -0.1) is 0 Å². The molecule has 0 amide bonds. The van der Waals surface area contributed by atoms with Crippen molar-refractivity contribution in [1.29, 1.82) is 0 Å². The topological polar surface area (TPSA) is 42.2 Å². The van der Waals surface area contributed by atoms with Crippen LogP contribution < -0.4 is 5.32 Å². The van der Waals surface area contributed by atoms with Crippen molar-refractivity contribution in [3.63, 3.8) is 0 Å². The summed E-state index contributed by atoms with van der Waals surface area (Å²) < 4.78 is 40.5. The zero-order valence-electron chi connectivity index (χ0n) is 17.2. The van der Waals surface area contributed by atoms with Crippen LogP contribution in [-0.4, -0.2) is 20.6 Å². The Morgan fingerprint density at radius 1 is 1.03 bits per heavy atom. The van der Waals surface area contributed by atoms with E-state index >= 15 is 0 Å². The average Bonchev–Trinajstić information content (AvgIpc) is 3.14. The number of alkyl halides is 3. The lowest BCUT2D eigenvalue weighted by Gasteiger charge is -2.31. The highest BCUT2D eigenvalue weighted by Crippen LogP contribution is 2.37. The Morgan fingerprint density at radius 3 is 2.58 bits per heavy atom. The summed E-state index contributed by atoms with van der Waals surface area (Å²) >= 11 is 0. The van der Waals surface area contributed by atoms with E-state index in [0.717, 1.165) is 59.3 Å². The van der Waals surface area contributed by atoms with Crippen molar-refractivity contribution < 1.29 is 13.2 Å². The summed E-state index contributed by atoms with van der Waals surface area (Å²) in [6, 6.07) is 15.9. The molecule has 160 valence electrons. The minimum atomic E-state index is -4.30. The van der Waals surface area contributed by atoms with E-state index in [4.69, 9.17) is 4.98 Å². The molecule has 0 radical (unpaired) electrons. The lowest BCUT2D eigenvalue weighted by atomic mass is 9.81. The molecule has 0 aliphatic heterocycles. The fourth-order valence-corrected chi connectivity index (χ4v) is 4.65. The summed E-state index contributed by atoms with van der Waals surface area (Å²) in [5, 5.41) is 9.19. The van der Waals surface area contributed by atoms with Gasteiger partial charge in [-0.25, -0.2) is 9.50 Å². The number of halogens is 3. The number of aromatic nitrogens is 3. The second-order valence-corrected chi connectivity index (χ2v) is 8.36. The van der Waals surface area contributed by atoms with Crippen LogP contribution in [0.2, 0.25) is 0 Å². The first kappa shape index (κ1) is 19.8. The molecule has 2 aromatic heterocycles. The van der Waals surface area contributed by atoms with Crippen LogP contribution in [0.25, 0.3) is 16.6 Å². The zero-order chi connectivity index (χ0) is 21.6. The Labute approximate surface area is 178 Å². The molecule has 0 spiro atoms. The fraction of sp³-hybridized carbons (Fsp3) is 0.333. The first-order chi connectivity index (χ1) is 14.9. The van der Waals surface area contributed by atoms with Crippen LogP contribution in [0.4, 0.5) is 19.0 Å². The van der Waals surface area contributed by atoms with Gasteiger partial charge in [-0.05, 0) is 61.9 Å². The van der Waals surface area contributed by atoms with Gasteiger partial charge in [0.1, 0.15) is 5.82 Å². The lowest BCUT2D eigenvalue weighted by molar-refractivity contribution is -0.137. The van der Waals surface area contributed by atoms with Gasteiger partial charge >= 0.3 is 6.18 Å². The van der Waals surface area contributed by atoms with E-state index in [2.05, 4.69) is 10.4 Å². The van der Waals surface area contributed by atoms with Gasteiger partial charge in [0.25, 0.3) is 0 Å². The predicted octanol–water partition coefficient (Wildman–Crippen LogP) is 6.35. The van der Waals surface area contributed by atoms with E-state index in [1.807, 2.05) is 41.8 Å². The maximum absolute atomic E-state index is 12.9. The van der Waals surface area contributed by atoms with E-state index in [-0.39, 0.29) is 12.0 Å². The molecule has 1 saturated carbocycles. The smallest absolute Gasteiger partial charge is 0.367 e. The predicted molar refractivity (Wildman–Crippen MR) is 115 cm³/mol. The van der Waals surface area contributed by atoms with Crippen LogP contribution in [0, 0.1) is 6.92 Å². The van der Waals surface area contributed by atoms with Crippen LogP contribution >= 0.6 is 0 Å². The number of nitrogens with one attached hydrogen (secondary N) is 1. The third-order valence-corrected chi connectivity index (χ3v) is 6.15. The summed E-state index contributed by atoms with van der Waals surface area (Å²) in [4.78, 5) is 4.82. The number of nitrogens with zero attached hydrogens (tertiary/aromatic N) is 3. The molecule has 7 heteroatoms. The molecule has 2 atom stereocenters. The van der Waals surface area contributed by atoms with E-state index < -0.39 is 11.7 Å². The van der Waals surface area contributed by atoms with Crippen LogP contribution in [0.15, 0.2) is 54.6 Å². The van der Waals surface area contributed by atoms with E-state index in [1.54, 1.807) is 12.1 Å². The summed E-state index contributed by atoms with van der Waals surface area (Å²) in [5.41, 5.74) is 3.09. The molecular weight excluding hydrogens is 401 g/mol. The molecule has 2 aromatic carbocycles. The number of hydrogen-bond acceptors (Lipinski definition) is 3. The molecule has 2 heterocycles. The molecular formula is C24H23F3N4. The Morgan fingerprint density at radius 2 is 1.81 bits per heavy atom. The van der Waals surface area contributed by atoms with Crippen LogP contribution in [0.3, 0.4) is 0 Å². The molecule has 1 fully saturated rings. The zero-order valence-corrected chi connectivity index (χ0v) is 17.2. The summed E-state index contributed by atoms with van der Waals surface area (Å²) in [6.45, 7) is 1.95. The van der Waals surface area contributed by atoms with Crippen molar-refractivity contribution in [3.8, 4) is 0 Å². The van der Waals surface area contributed by atoms with Gasteiger partial charge in [-0.3, -0.25) is 0 Å².